The van der Waals surface area contributed by atoms with Gasteiger partial charge in [0.05, 0.1) is 18.5 Å². The van der Waals surface area contributed by atoms with Crippen molar-refractivity contribution in [1.29, 1.82) is 0 Å². The molecular weight excluding hydrogens is 196 g/mol. The quantitative estimate of drug-likeness (QED) is 0.605. The standard InChI is InChI=1S/C7H12O5S/c1-13(9,10)12-6-3-4-2-5(8)7(6)11-4/h4-8H,2-3H2,1H3/t4-,5-,6-,7+/m1/s1. The number of hydrogen-bond acceptors (Lipinski definition) is 5. The fourth-order valence-corrected chi connectivity index (χ4v) is 2.61. The highest BCUT2D eigenvalue weighted by molar-refractivity contribution is 7.86. The second kappa shape index (κ2) is 2.91. The molecule has 4 atom stereocenters. The summed E-state index contributed by atoms with van der Waals surface area (Å²) in [5, 5.41) is 9.39. The molecule has 0 spiro atoms. The molecule has 2 aliphatic heterocycles. The summed E-state index contributed by atoms with van der Waals surface area (Å²) in [7, 11) is -3.44. The van der Waals surface area contributed by atoms with E-state index in [1.165, 1.54) is 0 Å². The number of rotatable bonds is 2. The van der Waals surface area contributed by atoms with Crippen molar-refractivity contribution in [2.75, 3.05) is 6.26 Å². The molecule has 2 rings (SSSR count). The van der Waals surface area contributed by atoms with E-state index in [9.17, 15) is 13.5 Å². The Hall–Kier alpha value is -0.170. The molecule has 5 nitrogen and oxygen atoms in total. The van der Waals surface area contributed by atoms with Crippen LogP contribution in [0, 0.1) is 0 Å². The molecule has 2 heterocycles. The highest BCUT2D eigenvalue weighted by Gasteiger charge is 2.48. The topological polar surface area (TPSA) is 72.8 Å². The van der Waals surface area contributed by atoms with E-state index in [0.29, 0.717) is 12.8 Å². The molecule has 0 aromatic carbocycles. The SMILES string of the molecule is CS(=O)(=O)O[C@@H]1C[C@H]2C[C@@H](O)[C@@H]1O2. The molecule has 2 fully saturated rings. The summed E-state index contributed by atoms with van der Waals surface area (Å²) in [4.78, 5) is 0. The zero-order chi connectivity index (χ0) is 9.64. The van der Waals surface area contributed by atoms with E-state index < -0.39 is 28.4 Å². The number of fused-ring (bicyclic) bond motifs is 2. The van der Waals surface area contributed by atoms with E-state index in [0.717, 1.165) is 6.26 Å². The third-order valence-electron chi connectivity index (χ3n) is 2.39. The maximum atomic E-state index is 10.8. The van der Waals surface area contributed by atoms with Gasteiger partial charge in [-0.15, -0.1) is 0 Å². The zero-order valence-corrected chi connectivity index (χ0v) is 8.03. The molecule has 6 heteroatoms. The lowest BCUT2D eigenvalue weighted by Crippen LogP contribution is -2.37. The van der Waals surface area contributed by atoms with Crippen molar-refractivity contribution < 1.29 is 22.4 Å². The number of hydrogen-bond donors (Lipinski definition) is 1. The first kappa shape index (κ1) is 9.39. The van der Waals surface area contributed by atoms with Crippen molar-refractivity contribution in [2.45, 2.75) is 37.3 Å². The average molecular weight is 208 g/mol. The summed E-state index contributed by atoms with van der Waals surface area (Å²) in [6.45, 7) is 0. The van der Waals surface area contributed by atoms with Gasteiger partial charge in [0.1, 0.15) is 12.2 Å². The van der Waals surface area contributed by atoms with Crippen LogP contribution in [0.1, 0.15) is 12.8 Å². The maximum Gasteiger partial charge on any atom is 0.264 e. The van der Waals surface area contributed by atoms with Gasteiger partial charge >= 0.3 is 0 Å². The Balaban J connectivity index is 2.04. The van der Waals surface area contributed by atoms with Crippen molar-refractivity contribution >= 4 is 10.1 Å². The largest absolute Gasteiger partial charge is 0.390 e. The summed E-state index contributed by atoms with van der Waals surface area (Å²) >= 11 is 0. The van der Waals surface area contributed by atoms with Crippen molar-refractivity contribution in [3.8, 4) is 0 Å². The van der Waals surface area contributed by atoms with E-state index in [1.807, 2.05) is 0 Å². The lowest BCUT2D eigenvalue weighted by molar-refractivity contribution is 0.00560. The summed E-state index contributed by atoms with van der Waals surface area (Å²) in [6.07, 6.45) is 0.592. The minimum absolute atomic E-state index is 0.0354. The maximum absolute atomic E-state index is 10.8. The number of ether oxygens (including phenoxy) is 1. The molecule has 76 valence electrons. The van der Waals surface area contributed by atoms with Crippen LogP contribution in [0.3, 0.4) is 0 Å². The van der Waals surface area contributed by atoms with Gasteiger partial charge < -0.3 is 9.84 Å². The van der Waals surface area contributed by atoms with Crippen LogP contribution in [0.25, 0.3) is 0 Å². The van der Waals surface area contributed by atoms with E-state index in [1.54, 1.807) is 0 Å². The van der Waals surface area contributed by atoms with Crippen LogP contribution in [-0.4, -0.2) is 44.2 Å². The van der Waals surface area contributed by atoms with Gasteiger partial charge in [0.2, 0.25) is 0 Å². The smallest absolute Gasteiger partial charge is 0.264 e. The van der Waals surface area contributed by atoms with Gasteiger partial charge in [0.25, 0.3) is 10.1 Å². The van der Waals surface area contributed by atoms with Crippen molar-refractivity contribution in [1.82, 2.24) is 0 Å². The van der Waals surface area contributed by atoms with Crippen LogP contribution >= 0.6 is 0 Å². The van der Waals surface area contributed by atoms with Crippen LogP contribution in [0.15, 0.2) is 0 Å². The van der Waals surface area contributed by atoms with Gasteiger partial charge in [-0.05, 0) is 0 Å². The summed E-state index contributed by atoms with van der Waals surface area (Å²) in [5.74, 6) is 0. The molecule has 2 saturated heterocycles. The minimum Gasteiger partial charge on any atom is -0.390 e. The molecule has 2 aliphatic rings. The normalized spacial score (nSPS) is 44.2. The van der Waals surface area contributed by atoms with Crippen LogP contribution < -0.4 is 0 Å². The number of aliphatic hydroxyl groups excluding tert-OH is 1. The zero-order valence-electron chi connectivity index (χ0n) is 7.21. The molecule has 0 saturated carbocycles. The lowest BCUT2D eigenvalue weighted by atomic mass is 9.95. The lowest BCUT2D eigenvalue weighted by Gasteiger charge is -2.21. The van der Waals surface area contributed by atoms with Crippen molar-refractivity contribution in [2.24, 2.45) is 0 Å². The highest BCUT2D eigenvalue weighted by atomic mass is 32.2. The Labute approximate surface area is 76.8 Å². The molecular formula is C7H12O5S. The first-order chi connectivity index (χ1) is 5.96. The molecule has 0 aliphatic carbocycles. The van der Waals surface area contributed by atoms with Crippen LogP contribution in [0.5, 0.6) is 0 Å². The summed E-state index contributed by atoms with van der Waals surface area (Å²) < 4.78 is 31.7. The second-order valence-electron chi connectivity index (χ2n) is 3.60. The van der Waals surface area contributed by atoms with E-state index in [-0.39, 0.29) is 6.10 Å². The van der Waals surface area contributed by atoms with Gasteiger partial charge in [-0.25, -0.2) is 0 Å². The van der Waals surface area contributed by atoms with Gasteiger partial charge in [-0.2, -0.15) is 8.42 Å². The molecule has 0 aromatic rings. The van der Waals surface area contributed by atoms with Crippen LogP contribution in [-0.2, 0) is 19.0 Å². The Bertz CT molecular complexity index is 298. The Morgan fingerprint density at radius 1 is 1.46 bits per heavy atom. The minimum atomic E-state index is -3.44. The van der Waals surface area contributed by atoms with E-state index in [2.05, 4.69) is 0 Å². The third kappa shape index (κ3) is 1.85. The Kier molecular flexibility index (Phi) is 2.10. The first-order valence-corrected chi connectivity index (χ1v) is 5.99. The molecule has 2 bridgehead atoms. The molecule has 0 aromatic heterocycles. The van der Waals surface area contributed by atoms with Crippen LogP contribution in [0.4, 0.5) is 0 Å². The first-order valence-electron chi connectivity index (χ1n) is 4.17. The van der Waals surface area contributed by atoms with Crippen molar-refractivity contribution in [3.63, 3.8) is 0 Å². The van der Waals surface area contributed by atoms with Gasteiger partial charge in [0, 0.05) is 12.8 Å². The van der Waals surface area contributed by atoms with Crippen molar-refractivity contribution in [3.05, 3.63) is 0 Å². The second-order valence-corrected chi connectivity index (χ2v) is 5.20. The molecule has 13 heavy (non-hydrogen) atoms. The van der Waals surface area contributed by atoms with Gasteiger partial charge in [0.15, 0.2) is 0 Å². The Morgan fingerprint density at radius 2 is 2.15 bits per heavy atom. The van der Waals surface area contributed by atoms with E-state index >= 15 is 0 Å². The monoisotopic (exact) mass is 208 g/mol. The highest BCUT2D eigenvalue weighted by Crippen LogP contribution is 2.36. The third-order valence-corrected chi connectivity index (χ3v) is 2.99. The summed E-state index contributed by atoms with van der Waals surface area (Å²) in [5.41, 5.74) is 0. The average Bonchev–Trinajstić information content (AvgIpc) is 2.40. The van der Waals surface area contributed by atoms with Gasteiger partial charge in [-0.1, -0.05) is 0 Å². The fourth-order valence-electron chi connectivity index (χ4n) is 1.97. The predicted molar refractivity (Wildman–Crippen MR) is 43.6 cm³/mol. The molecule has 0 unspecified atom stereocenters. The molecule has 1 N–H and O–H groups in total. The van der Waals surface area contributed by atoms with Crippen LogP contribution in [0.2, 0.25) is 0 Å². The van der Waals surface area contributed by atoms with Gasteiger partial charge in [-0.3, -0.25) is 4.18 Å². The number of aliphatic hydroxyl groups is 1. The Morgan fingerprint density at radius 3 is 2.62 bits per heavy atom. The fraction of sp³-hybridized carbons (Fsp3) is 1.00. The summed E-state index contributed by atoms with van der Waals surface area (Å²) in [6, 6.07) is 0. The predicted octanol–water partition coefficient (Wildman–Crippen LogP) is -0.747. The molecule has 0 amide bonds. The van der Waals surface area contributed by atoms with E-state index in [4.69, 9.17) is 8.92 Å². The molecule has 0 radical (unpaired) electrons.